The number of ether oxygens (including phenoxy) is 1. The van der Waals surface area contributed by atoms with Crippen molar-refractivity contribution in [1.82, 2.24) is 4.72 Å². The van der Waals surface area contributed by atoms with E-state index in [0.29, 0.717) is 12.0 Å². The molecule has 1 unspecified atom stereocenters. The molecule has 1 aliphatic rings. The van der Waals surface area contributed by atoms with Crippen molar-refractivity contribution in [2.24, 2.45) is 5.92 Å². The van der Waals surface area contributed by atoms with Gasteiger partial charge in [0.15, 0.2) is 0 Å². The summed E-state index contributed by atoms with van der Waals surface area (Å²) in [6.45, 7) is 6.99. The molecule has 0 amide bonds. The molecule has 2 aromatic carbocycles. The first-order valence-electron chi connectivity index (χ1n) is 10.3. The lowest BCUT2D eigenvalue weighted by Crippen LogP contribution is -2.38. The topological polar surface area (TPSA) is 33.3 Å². The Morgan fingerprint density at radius 1 is 0.926 bits per heavy atom. The zero-order valence-electron chi connectivity index (χ0n) is 16.9. The van der Waals surface area contributed by atoms with Gasteiger partial charge >= 0.3 is 0 Å². The average molecular weight is 387 g/mol. The highest BCUT2D eigenvalue weighted by Gasteiger charge is 2.25. The smallest absolute Gasteiger partial charge is 0.119 e. The lowest BCUT2D eigenvalue weighted by atomic mass is 9.86. The highest BCUT2D eigenvalue weighted by atomic mass is 32.2. The van der Waals surface area contributed by atoms with Gasteiger partial charge in [-0.25, -0.2) is 0 Å². The maximum absolute atomic E-state index is 6.08. The van der Waals surface area contributed by atoms with Crippen molar-refractivity contribution >= 4 is 23.3 Å². The van der Waals surface area contributed by atoms with Crippen LogP contribution in [0.5, 0.6) is 5.75 Å². The fourth-order valence-electron chi connectivity index (χ4n) is 3.28. The quantitative estimate of drug-likeness (QED) is 0.497. The standard InChI is InChI=1S/C21H28N2OS.C2H6/c1-2-25-23-21-11-7-6-8-17(21)16-24-20-14-12-19(13-15-20)22-18-9-4-3-5-10-18;1-2/h3-5,9-10,12-15,17,21-23H,2,6-8,11,16H2,1H3;1-2H3/t17-,21?;/m1./s1. The van der Waals surface area contributed by atoms with Gasteiger partial charge in [-0.15, -0.1) is 0 Å². The number of hydrogen-bond acceptors (Lipinski definition) is 4. The molecule has 1 aliphatic carbocycles. The number of benzene rings is 2. The van der Waals surface area contributed by atoms with Crippen LogP contribution in [-0.4, -0.2) is 18.4 Å². The lowest BCUT2D eigenvalue weighted by molar-refractivity contribution is 0.182. The third-order valence-electron chi connectivity index (χ3n) is 4.67. The minimum absolute atomic E-state index is 0.581. The van der Waals surface area contributed by atoms with Crippen LogP contribution in [0.25, 0.3) is 0 Å². The van der Waals surface area contributed by atoms with E-state index in [2.05, 4.69) is 53.4 Å². The van der Waals surface area contributed by atoms with E-state index in [1.54, 1.807) is 0 Å². The van der Waals surface area contributed by atoms with Crippen molar-refractivity contribution in [3.63, 3.8) is 0 Å². The summed E-state index contributed by atoms with van der Waals surface area (Å²) >= 11 is 1.83. The van der Waals surface area contributed by atoms with E-state index >= 15 is 0 Å². The van der Waals surface area contributed by atoms with Crippen LogP contribution in [0.1, 0.15) is 46.5 Å². The van der Waals surface area contributed by atoms with Crippen LogP contribution >= 0.6 is 11.9 Å². The van der Waals surface area contributed by atoms with Gasteiger partial charge in [-0.05, 0) is 49.2 Å². The minimum Gasteiger partial charge on any atom is -0.493 e. The molecule has 0 radical (unpaired) electrons. The van der Waals surface area contributed by atoms with E-state index in [0.717, 1.165) is 29.5 Å². The molecule has 1 fully saturated rings. The number of nitrogens with one attached hydrogen (secondary N) is 2. The first kappa shape index (κ1) is 21.6. The molecule has 1 saturated carbocycles. The first-order chi connectivity index (χ1) is 13.3. The Morgan fingerprint density at radius 2 is 1.59 bits per heavy atom. The Balaban J connectivity index is 0.00000126. The molecule has 2 aromatic rings. The van der Waals surface area contributed by atoms with Crippen LogP contribution in [0, 0.1) is 5.92 Å². The summed E-state index contributed by atoms with van der Waals surface area (Å²) in [6.07, 6.45) is 5.18. The fraction of sp³-hybridized carbons (Fsp3) is 0.478. The van der Waals surface area contributed by atoms with Crippen molar-refractivity contribution in [1.29, 1.82) is 0 Å². The molecule has 0 saturated heterocycles. The summed E-state index contributed by atoms with van der Waals surface area (Å²) in [5.74, 6) is 2.67. The monoisotopic (exact) mass is 386 g/mol. The number of para-hydroxylation sites is 1. The van der Waals surface area contributed by atoms with Gasteiger partial charge in [0.25, 0.3) is 0 Å². The Labute approximate surface area is 169 Å². The first-order valence-corrected chi connectivity index (χ1v) is 11.3. The second kappa shape index (κ2) is 12.7. The molecule has 0 aromatic heterocycles. The molecule has 2 N–H and O–H groups in total. The van der Waals surface area contributed by atoms with Crippen LogP contribution in [0.15, 0.2) is 54.6 Å². The van der Waals surface area contributed by atoms with E-state index in [1.807, 2.05) is 44.0 Å². The second-order valence-electron chi connectivity index (χ2n) is 6.53. The molecular formula is C23H34N2OS. The van der Waals surface area contributed by atoms with Crippen molar-refractivity contribution in [3.8, 4) is 5.75 Å². The van der Waals surface area contributed by atoms with E-state index in [9.17, 15) is 0 Å². The minimum atomic E-state index is 0.581. The molecular weight excluding hydrogens is 352 g/mol. The molecule has 4 heteroatoms. The summed E-state index contributed by atoms with van der Waals surface area (Å²) in [5, 5.41) is 3.40. The summed E-state index contributed by atoms with van der Waals surface area (Å²) in [7, 11) is 0. The van der Waals surface area contributed by atoms with Crippen LogP contribution in [0.4, 0.5) is 11.4 Å². The van der Waals surface area contributed by atoms with Gasteiger partial charge in [0.2, 0.25) is 0 Å². The van der Waals surface area contributed by atoms with Gasteiger partial charge in [0, 0.05) is 29.1 Å². The maximum atomic E-state index is 6.08. The lowest BCUT2D eigenvalue weighted by Gasteiger charge is -2.31. The van der Waals surface area contributed by atoms with E-state index < -0.39 is 0 Å². The van der Waals surface area contributed by atoms with Crippen LogP contribution < -0.4 is 14.8 Å². The third kappa shape index (κ3) is 7.47. The largest absolute Gasteiger partial charge is 0.493 e. The Morgan fingerprint density at radius 3 is 2.30 bits per heavy atom. The Bertz CT molecular complexity index is 618. The van der Waals surface area contributed by atoms with Crippen molar-refractivity contribution < 1.29 is 4.74 Å². The molecule has 3 nitrogen and oxygen atoms in total. The summed E-state index contributed by atoms with van der Waals surface area (Å²) in [6, 6.07) is 19.1. The van der Waals surface area contributed by atoms with E-state index in [-0.39, 0.29) is 0 Å². The normalized spacial score (nSPS) is 18.9. The highest BCUT2D eigenvalue weighted by Crippen LogP contribution is 2.27. The maximum Gasteiger partial charge on any atom is 0.119 e. The molecule has 3 rings (SSSR count). The zero-order chi connectivity index (χ0) is 19.3. The Hall–Kier alpha value is -1.65. The fourth-order valence-corrected chi connectivity index (χ4v) is 3.97. The van der Waals surface area contributed by atoms with Crippen molar-refractivity contribution in [3.05, 3.63) is 54.6 Å². The van der Waals surface area contributed by atoms with Crippen molar-refractivity contribution in [2.45, 2.75) is 52.5 Å². The second-order valence-corrected chi connectivity index (χ2v) is 7.63. The molecule has 0 bridgehead atoms. The van der Waals surface area contributed by atoms with Gasteiger partial charge in [-0.3, -0.25) is 4.72 Å². The number of rotatable bonds is 8. The number of hydrogen-bond donors (Lipinski definition) is 2. The molecule has 148 valence electrons. The summed E-state index contributed by atoms with van der Waals surface area (Å²) in [5.41, 5.74) is 2.18. The van der Waals surface area contributed by atoms with Gasteiger partial charge in [-0.2, -0.15) is 0 Å². The number of anilines is 2. The van der Waals surface area contributed by atoms with Gasteiger partial charge in [-0.1, -0.05) is 63.8 Å². The van der Waals surface area contributed by atoms with Gasteiger partial charge < -0.3 is 10.1 Å². The average Bonchev–Trinajstić information content (AvgIpc) is 2.74. The van der Waals surface area contributed by atoms with E-state index in [4.69, 9.17) is 4.74 Å². The van der Waals surface area contributed by atoms with Gasteiger partial charge in [0.1, 0.15) is 5.75 Å². The SMILES string of the molecule is CC.CCSNC1CCCC[C@@H]1COc1ccc(Nc2ccccc2)cc1. The molecule has 0 spiro atoms. The van der Waals surface area contributed by atoms with Crippen LogP contribution in [0.3, 0.4) is 0 Å². The van der Waals surface area contributed by atoms with Crippen LogP contribution in [0.2, 0.25) is 0 Å². The van der Waals surface area contributed by atoms with Crippen LogP contribution in [-0.2, 0) is 0 Å². The summed E-state index contributed by atoms with van der Waals surface area (Å²) in [4.78, 5) is 0. The molecule has 2 atom stereocenters. The molecule has 0 heterocycles. The predicted molar refractivity (Wildman–Crippen MR) is 120 cm³/mol. The van der Waals surface area contributed by atoms with Crippen molar-refractivity contribution in [2.75, 3.05) is 17.7 Å². The zero-order valence-corrected chi connectivity index (χ0v) is 17.7. The van der Waals surface area contributed by atoms with E-state index in [1.165, 1.54) is 25.7 Å². The predicted octanol–water partition coefficient (Wildman–Crippen LogP) is 6.65. The highest BCUT2D eigenvalue weighted by molar-refractivity contribution is 7.97. The molecule has 27 heavy (non-hydrogen) atoms. The third-order valence-corrected chi connectivity index (χ3v) is 5.43. The Kier molecular flexibility index (Phi) is 10.2. The molecule has 0 aliphatic heterocycles. The summed E-state index contributed by atoms with van der Waals surface area (Å²) < 4.78 is 9.70. The van der Waals surface area contributed by atoms with Gasteiger partial charge in [0.05, 0.1) is 6.61 Å².